The fourth-order valence-electron chi connectivity index (χ4n) is 2.89. The number of hydrogen-bond acceptors (Lipinski definition) is 3. The number of amides is 2. The van der Waals surface area contributed by atoms with Crippen molar-refractivity contribution in [2.24, 2.45) is 5.92 Å². The molecule has 1 fully saturated rings. The van der Waals surface area contributed by atoms with Crippen molar-refractivity contribution in [2.45, 2.75) is 33.6 Å². The van der Waals surface area contributed by atoms with E-state index in [9.17, 15) is 9.59 Å². The molecule has 116 valence electrons. The second-order valence-corrected chi connectivity index (χ2v) is 5.87. The number of likely N-dealkylation sites (N-methyl/N-ethyl adjacent to an activating group) is 1. The molecule has 1 aromatic heterocycles. The van der Waals surface area contributed by atoms with Crippen LogP contribution >= 0.6 is 0 Å². The third kappa shape index (κ3) is 3.43. The van der Waals surface area contributed by atoms with Gasteiger partial charge in [0, 0.05) is 50.3 Å². The summed E-state index contributed by atoms with van der Waals surface area (Å²) in [6.45, 7) is 7.96. The Morgan fingerprint density at radius 3 is 2.71 bits per heavy atom. The zero-order valence-corrected chi connectivity index (χ0v) is 13.3. The molecule has 1 aliphatic heterocycles. The first-order valence-electron chi connectivity index (χ1n) is 7.44. The number of likely N-dealkylation sites (tertiary alicyclic amines) is 1. The summed E-state index contributed by atoms with van der Waals surface area (Å²) in [5.41, 5.74) is 2.80. The lowest BCUT2D eigenvalue weighted by Gasteiger charge is -2.21. The van der Waals surface area contributed by atoms with E-state index < -0.39 is 0 Å². The minimum Gasteiger partial charge on any atom is -0.345 e. The van der Waals surface area contributed by atoms with E-state index in [0.29, 0.717) is 19.4 Å². The van der Waals surface area contributed by atoms with Crippen molar-refractivity contribution in [3.63, 3.8) is 0 Å². The highest BCUT2D eigenvalue weighted by atomic mass is 16.2. The number of aromatic amines is 1. The molecule has 0 bridgehead atoms. The van der Waals surface area contributed by atoms with Crippen LogP contribution in [0.4, 0.5) is 0 Å². The van der Waals surface area contributed by atoms with Gasteiger partial charge in [-0.2, -0.15) is 5.10 Å². The third-order valence-electron chi connectivity index (χ3n) is 4.24. The second-order valence-electron chi connectivity index (χ2n) is 5.87. The van der Waals surface area contributed by atoms with Crippen molar-refractivity contribution in [3.8, 4) is 0 Å². The van der Waals surface area contributed by atoms with Crippen LogP contribution in [0.25, 0.3) is 0 Å². The molecule has 1 atom stereocenters. The van der Waals surface area contributed by atoms with Gasteiger partial charge in [-0.1, -0.05) is 0 Å². The van der Waals surface area contributed by atoms with Crippen LogP contribution in [0.1, 0.15) is 30.3 Å². The van der Waals surface area contributed by atoms with Crippen LogP contribution in [0, 0.1) is 19.8 Å². The number of H-pyrrole nitrogens is 1. The minimum absolute atomic E-state index is 0.0741. The highest BCUT2D eigenvalue weighted by molar-refractivity contribution is 5.80. The van der Waals surface area contributed by atoms with Crippen LogP contribution in [0.2, 0.25) is 0 Å². The van der Waals surface area contributed by atoms with Gasteiger partial charge in [0.2, 0.25) is 11.8 Å². The average molecular weight is 292 g/mol. The SMILES string of the molecule is CCN1CC(CN(C)C(=O)Cc2c(C)n[nH]c2C)CC1=O. The molecule has 21 heavy (non-hydrogen) atoms. The summed E-state index contributed by atoms with van der Waals surface area (Å²) < 4.78 is 0. The molecule has 2 amide bonds. The van der Waals surface area contributed by atoms with E-state index in [4.69, 9.17) is 0 Å². The molecule has 2 rings (SSSR count). The molecule has 6 heteroatoms. The van der Waals surface area contributed by atoms with Crippen LogP contribution in [0.5, 0.6) is 0 Å². The van der Waals surface area contributed by atoms with Gasteiger partial charge in [0.25, 0.3) is 0 Å². The highest BCUT2D eigenvalue weighted by Crippen LogP contribution is 2.19. The Labute approximate surface area is 125 Å². The van der Waals surface area contributed by atoms with Gasteiger partial charge in [-0.25, -0.2) is 0 Å². The number of nitrogens with zero attached hydrogens (tertiary/aromatic N) is 3. The number of rotatable bonds is 5. The summed E-state index contributed by atoms with van der Waals surface area (Å²) in [4.78, 5) is 27.6. The molecule has 2 heterocycles. The first kappa shape index (κ1) is 15.5. The molecule has 0 aromatic carbocycles. The van der Waals surface area contributed by atoms with Crippen molar-refractivity contribution in [2.75, 3.05) is 26.7 Å². The average Bonchev–Trinajstić information content (AvgIpc) is 2.95. The van der Waals surface area contributed by atoms with Gasteiger partial charge in [0.15, 0.2) is 0 Å². The van der Waals surface area contributed by atoms with E-state index in [1.165, 1.54) is 0 Å². The molecule has 0 radical (unpaired) electrons. The van der Waals surface area contributed by atoms with Crippen molar-refractivity contribution in [1.29, 1.82) is 0 Å². The third-order valence-corrected chi connectivity index (χ3v) is 4.24. The van der Waals surface area contributed by atoms with Crippen LogP contribution in [-0.2, 0) is 16.0 Å². The molecule has 0 aliphatic carbocycles. The van der Waals surface area contributed by atoms with E-state index in [1.54, 1.807) is 4.90 Å². The van der Waals surface area contributed by atoms with Gasteiger partial charge >= 0.3 is 0 Å². The quantitative estimate of drug-likeness (QED) is 0.876. The minimum atomic E-state index is 0.0741. The number of carbonyl (C=O) groups excluding carboxylic acids is 2. The molecule has 6 nitrogen and oxygen atoms in total. The van der Waals surface area contributed by atoms with Gasteiger partial charge in [-0.05, 0) is 20.8 Å². The standard InChI is InChI=1S/C15H24N4O2/c1-5-19-9-12(6-15(19)21)8-18(4)14(20)7-13-10(2)16-17-11(13)3/h12H,5-9H2,1-4H3,(H,16,17). The summed E-state index contributed by atoms with van der Waals surface area (Å²) >= 11 is 0. The smallest absolute Gasteiger partial charge is 0.226 e. The maximum absolute atomic E-state index is 12.3. The molecular formula is C15H24N4O2. The van der Waals surface area contributed by atoms with Crippen molar-refractivity contribution < 1.29 is 9.59 Å². The van der Waals surface area contributed by atoms with Gasteiger partial charge in [-0.15, -0.1) is 0 Å². The lowest BCUT2D eigenvalue weighted by Crippen LogP contribution is -2.34. The summed E-state index contributed by atoms with van der Waals surface area (Å²) in [6.07, 6.45) is 0.915. The summed E-state index contributed by atoms with van der Waals surface area (Å²) in [5.74, 6) is 0.521. The van der Waals surface area contributed by atoms with E-state index in [2.05, 4.69) is 10.2 Å². The number of aryl methyl sites for hydroxylation is 2. The first-order valence-corrected chi connectivity index (χ1v) is 7.44. The van der Waals surface area contributed by atoms with E-state index in [-0.39, 0.29) is 17.7 Å². The highest BCUT2D eigenvalue weighted by Gasteiger charge is 2.30. The fraction of sp³-hybridized carbons (Fsp3) is 0.667. The van der Waals surface area contributed by atoms with Gasteiger partial charge < -0.3 is 9.80 Å². The van der Waals surface area contributed by atoms with E-state index >= 15 is 0 Å². The van der Waals surface area contributed by atoms with Gasteiger partial charge in [0.05, 0.1) is 12.1 Å². The van der Waals surface area contributed by atoms with Crippen molar-refractivity contribution >= 4 is 11.8 Å². The zero-order chi connectivity index (χ0) is 15.6. The number of aromatic nitrogens is 2. The Morgan fingerprint density at radius 1 is 1.48 bits per heavy atom. The Kier molecular flexibility index (Phi) is 4.65. The van der Waals surface area contributed by atoms with E-state index in [1.807, 2.05) is 32.7 Å². The monoisotopic (exact) mass is 292 g/mol. The summed E-state index contributed by atoms with van der Waals surface area (Å²) in [6, 6.07) is 0. The lowest BCUT2D eigenvalue weighted by atomic mass is 10.1. The molecule has 0 saturated carbocycles. The molecule has 1 aliphatic rings. The Hall–Kier alpha value is -1.85. The molecule has 1 N–H and O–H groups in total. The van der Waals surface area contributed by atoms with Crippen LogP contribution in [-0.4, -0.2) is 58.5 Å². The molecular weight excluding hydrogens is 268 g/mol. The van der Waals surface area contributed by atoms with Gasteiger partial charge in [-0.3, -0.25) is 14.7 Å². The Bertz CT molecular complexity index is 518. The first-order chi connectivity index (χ1) is 9.92. The topological polar surface area (TPSA) is 69.3 Å². The second kappa shape index (κ2) is 6.28. The fourth-order valence-corrected chi connectivity index (χ4v) is 2.89. The maximum atomic E-state index is 12.3. The normalized spacial score (nSPS) is 18.4. The summed E-state index contributed by atoms with van der Waals surface area (Å²) in [5, 5.41) is 7.02. The predicted octanol–water partition coefficient (Wildman–Crippen LogP) is 0.896. The van der Waals surface area contributed by atoms with Crippen LogP contribution in [0.3, 0.4) is 0 Å². The molecule has 0 spiro atoms. The number of nitrogens with one attached hydrogen (secondary N) is 1. The van der Waals surface area contributed by atoms with Gasteiger partial charge in [0.1, 0.15) is 0 Å². The predicted molar refractivity (Wildman–Crippen MR) is 79.8 cm³/mol. The maximum Gasteiger partial charge on any atom is 0.226 e. The Morgan fingerprint density at radius 2 is 2.19 bits per heavy atom. The van der Waals surface area contributed by atoms with Crippen molar-refractivity contribution in [3.05, 3.63) is 17.0 Å². The largest absolute Gasteiger partial charge is 0.345 e. The number of hydrogen-bond donors (Lipinski definition) is 1. The lowest BCUT2D eigenvalue weighted by molar-refractivity contribution is -0.130. The Balaban J connectivity index is 1.90. The van der Waals surface area contributed by atoms with E-state index in [0.717, 1.165) is 30.0 Å². The molecule has 1 saturated heterocycles. The van der Waals surface area contributed by atoms with Crippen LogP contribution < -0.4 is 0 Å². The zero-order valence-electron chi connectivity index (χ0n) is 13.3. The summed E-state index contributed by atoms with van der Waals surface area (Å²) in [7, 11) is 1.81. The van der Waals surface area contributed by atoms with Crippen LogP contribution in [0.15, 0.2) is 0 Å². The number of carbonyl (C=O) groups is 2. The molecule has 1 unspecified atom stereocenters. The molecule has 1 aromatic rings. The van der Waals surface area contributed by atoms with Crippen molar-refractivity contribution in [1.82, 2.24) is 20.0 Å².